The molecule has 0 aliphatic heterocycles. The van der Waals surface area contributed by atoms with E-state index < -0.39 is 9.84 Å². The van der Waals surface area contributed by atoms with Crippen molar-refractivity contribution in [2.45, 2.75) is 31.2 Å². The van der Waals surface area contributed by atoms with Gasteiger partial charge in [0.25, 0.3) is 0 Å². The van der Waals surface area contributed by atoms with Crippen LogP contribution >= 0.6 is 0 Å². The maximum Gasteiger partial charge on any atom is 0.182 e. The van der Waals surface area contributed by atoms with Gasteiger partial charge in [-0.25, -0.2) is 8.42 Å². The van der Waals surface area contributed by atoms with Crippen molar-refractivity contribution < 1.29 is 13.2 Å². The first-order valence-corrected chi connectivity index (χ1v) is 7.15. The number of hydrogen-bond donors (Lipinski definition) is 1. The maximum absolute atomic E-state index is 12.1. The molecule has 1 aromatic carbocycles. The Morgan fingerprint density at radius 2 is 2.06 bits per heavy atom. The van der Waals surface area contributed by atoms with E-state index >= 15 is 0 Å². The Labute approximate surface area is 103 Å². The molecule has 1 unspecified atom stereocenters. The number of methoxy groups -OCH3 is 1. The molecule has 0 aromatic heterocycles. The molecule has 1 atom stereocenters. The van der Waals surface area contributed by atoms with Gasteiger partial charge in [0.2, 0.25) is 0 Å². The molecule has 2 N–H and O–H groups in total. The first-order valence-electron chi connectivity index (χ1n) is 5.50. The van der Waals surface area contributed by atoms with Crippen LogP contribution in [-0.2, 0) is 9.84 Å². The van der Waals surface area contributed by atoms with Crippen LogP contribution in [0.25, 0.3) is 0 Å². The Morgan fingerprint density at radius 3 is 2.59 bits per heavy atom. The highest BCUT2D eigenvalue weighted by Crippen LogP contribution is 2.26. The summed E-state index contributed by atoms with van der Waals surface area (Å²) < 4.78 is 29.3. The molecule has 0 amide bonds. The summed E-state index contributed by atoms with van der Waals surface area (Å²) in [5.74, 6) is 0.435. The van der Waals surface area contributed by atoms with E-state index in [0.29, 0.717) is 12.2 Å². The van der Waals surface area contributed by atoms with Gasteiger partial charge in [-0.15, -0.1) is 0 Å². The minimum atomic E-state index is -3.33. The third kappa shape index (κ3) is 3.71. The summed E-state index contributed by atoms with van der Waals surface area (Å²) in [5, 5.41) is 0. The molecule has 0 saturated heterocycles. The lowest BCUT2D eigenvalue weighted by molar-refractivity contribution is 0.402. The molecule has 0 spiro atoms. The van der Waals surface area contributed by atoms with E-state index in [1.807, 2.05) is 13.0 Å². The summed E-state index contributed by atoms with van der Waals surface area (Å²) >= 11 is 0. The zero-order chi connectivity index (χ0) is 13.1. The molecular weight excluding hydrogens is 238 g/mol. The van der Waals surface area contributed by atoms with Gasteiger partial charge in [-0.05, 0) is 38.0 Å². The van der Waals surface area contributed by atoms with Gasteiger partial charge in [0, 0.05) is 6.04 Å². The van der Waals surface area contributed by atoms with Gasteiger partial charge in [0.15, 0.2) is 9.84 Å². The average Bonchev–Trinajstić information content (AvgIpc) is 2.26. The molecule has 17 heavy (non-hydrogen) atoms. The van der Waals surface area contributed by atoms with E-state index in [-0.39, 0.29) is 16.7 Å². The monoisotopic (exact) mass is 257 g/mol. The second-order valence-corrected chi connectivity index (χ2v) is 6.32. The van der Waals surface area contributed by atoms with Gasteiger partial charge in [0.1, 0.15) is 10.6 Å². The van der Waals surface area contributed by atoms with Gasteiger partial charge < -0.3 is 10.5 Å². The lowest BCUT2D eigenvalue weighted by Crippen LogP contribution is -2.20. The number of hydrogen-bond acceptors (Lipinski definition) is 4. The lowest BCUT2D eigenvalue weighted by Gasteiger charge is -2.11. The SMILES string of the molecule is COc1ccc(C)cc1S(=O)(=O)CCC(C)N. The van der Waals surface area contributed by atoms with Crippen LogP contribution < -0.4 is 10.5 Å². The first-order chi connectivity index (χ1) is 7.86. The predicted molar refractivity (Wildman–Crippen MR) is 68.1 cm³/mol. The highest BCUT2D eigenvalue weighted by Gasteiger charge is 2.20. The first kappa shape index (κ1) is 14.0. The number of benzene rings is 1. The van der Waals surface area contributed by atoms with Crippen molar-refractivity contribution in [3.8, 4) is 5.75 Å². The molecule has 5 heteroatoms. The lowest BCUT2D eigenvalue weighted by atomic mass is 10.2. The third-order valence-electron chi connectivity index (χ3n) is 2.50. The predicted octanol–water partition coefficient (Wildman–Crippen LogP) is 1.51. The molecule has 0 fully saturated rings. The summed E-state index contributed by atoms with van der Waals surface area (Å²) in [4.78, 5) is 0.251. The number of ether oxygens (including phenoxy) is 1. The topological polar surface area (TPSA) is 69.4 Å². The minimum absolute atomic E-state index is 0.0461. The van der Waals surface area contributed by atoms with E-state index in [2.05, 4.69) is 0 Å². The third-order valence-corrected chi connectivity index (χ3v) is 4.26. The van der Waals surface area contributed by atoms with Crippen LogP contribution in [0.5, 0.6) is 5.75 Å². The highest BCUT2D eigenvalue weighted by molar-refractivity contribution is 7.91. The zero-order valence-electron chi connectivity index (χ0n) is 10.4. The fourth-order valence-corrected chi connectivity index (χ4v) is 3.20. The van der Waals surface area contributed by atoms with Crippen LogP contribution in [0, 0.1) is 6.92 Å². The number of aryl methyl sites for hydroxylation is 1. The summed E-state index contributed by atoms with van der Waals surface area (Å²) in [5.41, 5.74) is 6.48. The summed E-state index contributed by atoms with van der Waals surface area (Å²) in [6.45, 7) is 3.65. The Morgan fingerprint density at radius 1 is 1.41 bits per heavy atom. The molecule has 0 saturated carbocycles. The van der Waals surface area contributed by atoms with Crippen LogP contribution in [0.15, 0.2) is 23.1 Å². The number of nitrogens with two attached hydrogens (primary N) is 1. The standard InChI is InChI=1S/C12H19NO3S/c1-9-4-5-11(16-3)12(8-9)17(14,15)7-6-10(2)13/h4-5,8,10H,6-7,13H2,1-3H3. The fourth-order valence-electron chi connectivity index (χ4n) is 1.48. The second kappa shape index (κ2) is 5.51. The van der Waals surface area contributed by atoms with Gasteiger partial charge >= 0.3 is 0 Å². The van der Waals surface area contributed by atoms with Crippen molar-refractivity contribution in [3.05, 3.63) is 23.8 Å². The van der Waals surface area contributed by atoms with E-state index in [0.717, 1.165) is 5.56 Å². The Hall–Kier alpha value is -1.07. The molecular formula is C12H19NO3S. The maximum atomic E-state index is 12.1. The molecule has 4 nitrogen and oxygen atoms in total. The summed E-state index contributed by atoms with van der Waals surface area (Å²) in [6.07, 6.45) is 0.444. The van der Waals surface area contributed by atoms with Crippen molar-refractivity contribution in [2.24, 2.45) is 5.73 Å². The Bertz CT molecular complexity index is 481. The van der Waals surface area contributed by atoms with Crippen LogP contribution in [0.4, 0.5) is 0 Å². The molecule has 0 aliphatic carbocycles. The van der Waals surface area contributed by atoms with Crippen molar-refractivity contribution in [1.29, 1.82) is 0 Å². The number of rotatable bonds is 5. The molecule has 96 valence electrons. The molecule has 1 aromatic rings. The van der Waals surface area contributed by atoms with Gasteiger partial charge in [-0.2, -0.15) is 0 Å². The smallest absolute Gasteiger partial charge is 0.182 e. The van der Waals surface area contributed by atoms with E-state index in [4.69, 9.17) is 10.5 Å². The molecule has 1 rings (SSSR count). The molecule has 0 radical (unpaired) electrons. The van der Waals surface area contributed by atoms with Crippen molar-refractivity contribution in [2.75, 3.05) is 12.9 Å². The Kier molecular flexibility index (Phi) is 4.54. The molecule has 0 heterocycles. The van der Waals surface area contributed by atoms with E-state index in [1.54, 1.807) is 19.1 Å². The fraction of sp³-hybridized carbons (Fsp3) is 0.500. The summed E-state index contributed by atoms with van der Waals surface area (Å²) in [7, 11) is -1.86. The quantitative estimate of drug-likeness (QED) is 0.868. The van der Waals surface area contributed by atoms with Crippen molar-refractivity contribution >= 4 is 9.84 Å². The second-order valence-electron chi connectivity index (χ2n) is 4.24. The average molecular weight is 257 g/mol. The molecule has 0 bridgehead atoms. The normalized spacial score (nSPS) is 13.4. The summed E-state index contributed by atoms with van der Waals surface area (Å²) in [6, 6.07) is 5.01. The van der Waals surface area contributed by atoms with Crippen LogP contribution in [0.1, 0.15) is 18.9 Å². The zero-order valence-corrected chi connectivity index (χ0v) is 11.3. The van der Waals surface area contributed by atoms with Crippen LogP contribution in [0.2, 0.25) is 0 Å². The van der Waals surface area contributed by atoms with Crippen LogP contribution in [0.3, 0.4) is 0 Å². The minimum Gasteiger partial charge on any atom is -0.495 e. The van der Waals surface area contributed by atoms with Crippen molar-refractivity contribution in [1.82, 2.24) is 0 Å². The largest absolute Gasteiger partial charge is 0.495 e. The van der Waals surface area contributed by atoms with E-state index in [1.165, 1.54) is 7.11 Å². The van der Waals surface area contributed by atoms with Gasteiger partial charge in [0.05, 0.1) is 12.9 Å². The Balaban J connectivity index is 3.09. The van der Waals surface area contributed by atoms with E-state index in [9.17, 15) is 8.42 Å². The van der Waals surface area contributed by atoms with Crippen molar-refractivity contribution in [3.63, 3.8) is 0 Å². The van der Waals surface area contributed by atoms with Gasteiger partial charge in [-0.3, -0.25) is 0 Å². The molecule has 0 aliphatic rings. The van der Waals surface area contributed by atoms with Crippen LogP contribution in [-0.4, -0.2) is 27.3 Å². The van der Waals surface area contributed by atoms with Gasteiger partial charge in [-0.1, -0.05) is 6.07 Å². The highest BCUT2D eigenvalue weighted by atomic mass is 32.2. The number of sulfone groups is 1.